The summed E-state index contributed by atoms with van der Waals surface area (Å²) in [5, 5.41) is 10.6. The molecule has 0 fully saturated rings. The Balaban J connectivity index is 5.19. The quantitative estimate of drug-likeness (QED) is 0.0222. The van der Waals surface area contributed by atoms with Crippen LogP contribution in [0.1, 0.15) is 389 Å². The van der Waals surface area contributed by atoms with E-state index >= 15 is 0 Å². The number of ether oxygens (including phenoxy) is 4. The minimum absolute atomic E-state index is 0.105. The number of hydrogen-bond donors (Lipinski definition) is 3. The Labute approximate surface area is 581 Å². The highest BCUT2D eigenvalue weighted by atomic mass is 31.2. The Hall–Kier alpha value is -1.94. The molecule has 0 heterocycles. The van der Waals surface area contributed by atoms with Gasteiger partial charge in [0.05, 0.1) is 26.4 Å². The van der Waals surface area contributed by atoms with Crippen molar-refractivity contribution in [3.05, 3.63) is 0 Å². The lowest BCUT2D eigenvalue weighted by Gasteiger charge is -2.21. The van der Waals surface area contributed by atoms with Crippen LogP contribution in [0.2, 0.25) is 0 Å². The summed E-state index contributed by atoms with van der Waals surface area (Å²) in [6.45, 7) is 11.9. The van der Waals surface area contributed by atoms with E-state index in [1.807, 2.05) is 0 Å². The van der Waals surface area contributed by atoms with Gasteiger partial charge in [0, 0.05) is 25.7 Å². The van der Waals surface area contributed by atoms with E-state index in [1.54, 1.807) is 0 Å². The second kappa shape index (κ2) is 66.6. The minimum Gasteiger partial charge on any atom is -0.462 e. The summed E-state index contributed by atoms with van der Waals surface area (Å²) in [6, 6.07) is 0. The molecule has 0 aromatic carbocycles. The zero-order valence-electron chi connectivity index (χ0n) is 62.1. The number of phosphoric ester groups is 2. The van der Waals surface area contributed by atoms with E-state index in [0.29, 0.717) is 25.7 Å². The lowest BCUT2D eigenvalue weighted by Crippen LogP contribution is -2.30. The maximum Gasteiger partial charge on any atom is 0.472 e. The van der Waals surface area contributed by atoms with Crippen LogP contribution in [0.25, 0.3) is 0 Å². The van der Waals surface area contributed by atoms with Gasteiger partial charge in [-0.2, -0.15) is 0 Å². The van der Waals surface area contributed by atoms with Crippen LogP contribution in [0.3, 0.4) is 0 Å². The standard InChI is InChI=1S/C76H148O17P2/c1-8-9-10-11-12-13-22-28-36-43-50-57-73(78)86-64-72(93-76(81)60-53-46-39-32-31-35-42-49-56-69(6)7)66-91-95(84,85)89-62-70(77)61-88-94(82,83)90-65-71(63-87-74(79)58-51-44-37-30-25-27-34-41-48-55-68(4)5)92-75(80)59-52-45-38-29-24-21-19-17-15-14-16-18-20-23-26-33-40-47-54-67(2)3/h67-72,77H,8-66H2,1-7H3,(H,82,83)(H,84,85)/t70-,71-,72-/m1/s1. The molecule has 0 saturated carbocycles. The van der Waals surface area contributed by atoms with Gasteiger partial charge < -0.3 is 33.8 Å². The number of hydrogen-bond acceptors (Lipinski definition) is 15. The molecule has 0 aliphatic rings. The molecule has 3 N–H and O–H groups in total. The Bertz CT molecular complexity index is 1850. The van der Waals surface area contributed by atoms with Gasteiger partial charge in [-0.15, -0.1) is 0 Å². The lowest BCUT2D eigenvalue weighted by atomic mass is 10.0. The third-order valence-electron chi connectivity index (χ3n) is 17.6. The van der Waals surface area contributed by atoms with E-state index in [2.05, 4.69) is 48.5 Å². The number of carbonyl (C=O) groups excluding carboxylic acids is 4. The van der Waals surface area contributed by atoms with E-state index in [0.717, 1.165) is 108 Å². The average molecular weight is 1400 g/mol. The largest absolute Gasteiger partial charge is 0.472 e. The maximum absolute atomic E-state index is 13.1. The van der Waals surface area contributed by atoms with Gasteiger partial charge in [0.2, 0.25) is 0 Å². The molecule has 0 aliphatic carbocycles. The summed E-state index contributed by atoms with van der Waals surface area (Å²) >= 11 is 0. The molecule has 0 rings (SSSR count). The Morgan fingerprint density at radius 3 is 0.716 bits per heavy atom. The van der Waals surface area contributed by atoms with Gasteiger partial charge in [-0.1, -0.05) is 337 Å². The predicted molar refractivity (Wildman–Crippen MR) is 386 cm³/mol. The molecule has 95 heavy (non-hydrogen) atoms. The van der Waals surface area contributed by atoms with Crippen LogP contribution in [0.5, 0.6) is 0 Å². The van der Waals surface area contributed by atoms with E-state index < -0.39 is 97.5 Å². The number of aliphatic hydroxyl groups is 1. The highest BCUT2D eigenvalue weighted by molar-refractivity contribution is 7.47. The molecule has 2 unspecified atom stereocenters. The molecule has 0 aromatic heterocycles. The van der Waals surface area contributed by atoms with Crippen LogP contribution in [-0.4, -0.2) is 96.7 Å². The fraction of sp³-hybridized carbons (Fsp3) is 0.947. The number of aliphatic hydroxyl groups excluding tert-OH is 1. The van der Waals surface area contributed by atoms with Crippen LogP contribution >= 0.6 is 15.6 Å². The molecule has 17 nitrogen and oxygen atoms in total. The molecule has 0 spiro atoms. The third-order valence-corrected chi connectivity index (χ3v) is 19.5. The summed E-state index contributed by atoms with van der Waals surface area (Å²) in [5.41, 5.74) is 0. The molecular weight excluding hydrogens is 1250 g/mol. The van der Waals surface area contributed by atoms with Gasteiger partial charge in [-0.25, -0.2) is 9.13 Å². The first-order valence-electron chi connectivity index (χ1n) is 39.3. The first-order chi connectivity index (χ1) is 45.7. The monoisotopic (exact) mass is 1400 g/mol. The smallest absolute Gasteiger partial charge is 0.462 e. The van der Waals surface area contributed by atoms with Crippen molar-refractivity contribution < 1.29 is 80.2 Å². The van der Waals surface area contributed by atoms with Crippen molar-refractivity contribution in [1.82, 2.24) is 0 Å². The summed E-state index contributed by atoms with van der Waals surface area (Å²) < 4.78 is 68.5. The average Bonchev–Trinajstić information content (AvgIpc) is 1.65. The molecule has 0 aliphatic heterocycles. The predicted octanol–water partition coefficient (Wildman–Crippen LogP) is 22.2. The zero-order valence-corrected chi connectivity index (χ0v) is 63.9. The second-order valence-corrected chi connectivity index (χ2v) is 31.7. The van der Waals surface area contributed by atoms with Crippen molar-refractivity contribution in [1.29, 1.82) is 0 Å². The molecule has 0 radical (unpaired) electrons. The Morgan fingerprint density at radius 1 is 0.284 bits per heavy atom. The van der Waals surface area contributed by atoms with Crippen molar-refractivity contribution in [3.63, 3.8) is 0 Å². The van der Waals surface area contributed by atoms with Crippen molar-refractivity contribution in [2.75, 3.05) is 39.6 Å². The summed E-state index contributed by atoms with van der Waals surface area (Å²) in [6.07, 6.45) is 52.8. The minimum atomic E-state index is -4.96. The number of esters is 4. The number of carbonyl (C=O) groups is 4. The number of phosphoric acid groups is 2. The lowest BCUT2D eigenvalue weighted by molar-refractivity contribution is -0.161. The van der Waals surface area contributed by atoms with Crippen LogP contribution in [0, 0.1) is 17.8 Å². The van der Waals surface area contributed by atoms with Crippen molar-refractivity contribution in [2.45, 2.75) is 407 Å². The van der Waals surface area contributed by atoms with Gasteiger partial charge in [0.15, 0.2) is 12.2 Å². The van der Waals surface area contributed by atoms with Crippen molar-refractivity contribution in [3.8, 4) is 0 Å². The first-order valence-corrected chi connectivity index (χ1v) is 42.3. The summed E-state index contributed by atoms with van der Waals surface area (Å²) in [4.78, 5) is 72.7. The molecule has 0 aromatic rings. The highest BCUT2D eigenvalue weighted by Gasteiger charge is 2.30. The van der Waals surface area contributed by atoms with Crippen LogP contribution in [0.15, 0.2) is 0 Å². The third kappa shape index (κ3) is 70.3. The molecular formula is C76H148O17P2. The van der Waals surface area contributed by atoms with E-state index in [9.17, 15) is 43.2 Å². The van der Waals surface area contributed by atoms with Gasteiger partial charge >= 0.3 is 39.5 Å². The molecule has 19 heteroatoms. The molecule has 5 atom stereocenters. The second-order valence-electron chi connectivity index (χ2n) is 28.8. The topological polar surface area (TPSA) is 237 Å². The molecule has 0 saturated heterocycles. The van der Waals surface area contributed by atoms with Crippen molar-refractivity contribution in [2.24, 2.45) is 17.8 Å². The van der Waals surface area contributed by atoms with Gasteiger partial charge in [0.25, 0.3) is 0 Å². The molecule has 0 bridgehead atoms. The Morgan fingerprint density at radius 2 is 0.484 bits per heavy atom. The van der Waals surface area contributed by atoms with E-state index in [4.69, 9.17) is 37.0 Å². The van der Waals surface area contributed by atoms with Crippen LogP contribution < -0.4 is 0 Å². The number of unbranched alkanes of at least 4 members (excludes halogenated alkanes) is 42. The van der Waals surface area contributed by atoms with Crippen LogP contribution in [-0.2, 0) is 65.4 Å². The number of rotatable bonds is 74. The fourth-order valence-corrected chi connectivity index (χ4v) is 13.2. The highest BCUT2D eigenvalue weighted by Crippen LogP contribution is 2.45. The molecule has 564 valence electrons. The van der Waals surface area contributed by atoms with Gasteiger partial charge in [-0.3, -0.25) is 37.3 Å². The maximum atomic E-state index is 13.1. The molecule has 0 amide bonds. The zero-order chi connectivity index (χ0) is 70.1. The summed E-state index contributed by atoms with van der Waals surface area (Å²) in [7, 11) is -9.91. The first kappa shape index (κ1) is 93.1. The van der Waals surface area contributed by atoms with Crippen molar-refractivity contribution >= 4 is 39.5 Å². The Kier molecular flexibility index (Phi) is 65.2. The van der Waals surface area contributed by atoms with Gasteiger partial charge in [0.1, 0.15) is 19.3 Å². The van der Waals surface area contributed by atoms with E-state index in [1.165, 1.54) is 199 Å². The SMILES string of the molecule is CCCCCCCCCCCCCC(=O)OC[C@H](COP(=O)(O)OC[C@H](O)COP(=O)(O)OC[C@@H](COC(=O)CCCCCCCCCCCC(C)C)OC(=O)CCCCCCCCCCCCCCCCCCCCC(C)C)OC(=O)CCCCCCCCCCC(C)C. The summed E-state index contributed by atoms with van der Waals surface area (Å²) in [5.74, 6) is 0.163. The van der Waals surface area contributed by atoms with E-state index in [-0.39, 0.29) is 25.7 Å². The van der Waals surface area contributed by atoms with Gasteiger partial charge in [-0.05, 0) is 43.4 Å². The normalized spacial score (nSPS) is 14.1. The van der Waals surface area contributed by atoms with Crippen LogP contribution in [0.4, 0.5) is 0 Å². The fourth-order valence-electron chi connectivity index (χ4n) is 11.6.